The quantitative estimate of drug-likeness (QED) is 0.228. The van der Waals surface area contributed by atoms with E-state index in [4.69, 9.17) is 16.6 Å². The molecule has 0 N–H and O–H groups in total. The van der Waals surface area contributed by atoms with Crippen molar-refractivity contribution in [1.82, 2.24) is 9.47 Å². The molecule has 0 saturated carbocycles. The maximum Gasteiger partial charge on any atom is 0.211 e. The molecule has 1 heterocycles. The molecule has 4 rings (SSSR count). The van der Waals surface area contributed by atoms with Crippen molar-refractivity contribution in [3.8, 4) is 11.3 Å². The normalized spacial score (nSPS) is 11.8. The van der Waals surface area contributed by atoms with E-state index in [1.165, 1.54) is 10.9 Å². The lowest BCUT2D eigenvalue weighted by molar-refractivity contribution is 0.406. The third-order valence-electron chi connectivity index (χ3n) is 5.31. The number of aromatic nitrogens is 1. The molecule has 0 aliphatic carbocycles. The van der Waals surface area contributed by atoms with Gasteiger partial charge in [-0.25, -0.2) is 4.99 Å². The highest BCUT2D eigenvalue weighted by molar-refractivity contribution is 6.30. The zero-order chi connectivity index (χ0) is 21.6. The fourth-order valence-corrected chi connectivity index (χ4v) is 4.06. The monoisotopic (exact) mass is 429 g/mol. The van der Waals surface area contributed by atoms with Gasteiger partial charge in [0.1, 0.15) is 0 Å². The number of halogens is 1. The molecule has 0 fully saturated rings. The van der Waals surface area contributed by atoms with Crippen LogP contribution in [0.25, 0.3) is 22.2 Å². The maximum absolute atomic E-state index is 6.13. The number of para-hydroxylation sites is 1. The van der Waals surface area contributed by atoms with E-state index >= 15 is 0 Å². The summed E-state index contributed by atoms with van der Waals surface area (Å²) in [6, 6.07) is 29.1. The summed E-state index contributed by atoms with van der Waals surface area (Å²) in [4.78, 5) is 7.56. The molecule has 0 bridgehead atoms. The summed E-state index contributed by atoms with van der Waals surface area (Å²) in [7, 11) is 0. The van der Waals surface area contributed by atoms with Crippen molar-refractivity contribution in [3.05, 3.63) is 90.0 Å². The van der Waals surface area contributed by atoms with Crippen molar-refractivity contribution in [3.63, 3.8) is 0 Å². The second kappa shape index (κ2) is 9.84. The van der Waals surface area contributed by atoms with Gasteiger partial charge in [-0.3, -0.25) is 4.57 Å². The van der Waals surface area contributed by atoms with E-state index in [1.807, 2.05) is 24.3 Å². The zero-order valence-electron chi connectivity index (χ0n) is 18.1. The molecule has 0 aliphatic rings. The van der Waals surface area contributed by atoms with E-state index in [2.05, 4.69) is 84.0 Å². The fraction of sp³-hybridized carbons (Fsp3) is 0.222. The van der Waals surface area contributed by atoms with Gasteiger partial charge in [0.25, 0.3) is 0 Å². The van der Waals surface area contributed by atoms with E-state index in [9.17, 15) is 0 Å². The Morgan fingerprint density at radius 1 is 0.839 bits per heavy atom. The van der Waals surface area contributed by atoms with Gasteiger partial charge in [0.2, 0.25) is 5.96 Å². The number of aliphatic imine (C=N–C) groups is 1. The Labute approximate surface area is 189 Å². The first kappa shape index (κ1) is 21.2. The standard InChI is InChI=1S/C27H28ClN3/c1-3-18-30(19-4-2)27(29-24-16-14-23(28)15-17-24)31-25-13-9-8-12-22(25)20-26(31)21-10-6-5-7-11-21/h5-17,20H,3-4,18-19H2,1-2H3. The molecule has 0 saturated heterocycles. The number of nitrogens with zero attached hydrogens (tertiary/aromatic N) is 3. The number of rotatable bonds is 6. The van der Waals surface area contributed by atoms with Gasteiger partial charge in [0.15, 0.2) is 0 Å². The molecular weight excluding hydrogens is 402 g/mol. The highest BCUT2D eigenvalue weighted by Crippen LogP contribution is 2.30. The van der Waals surface area contributed by atoms with Crippen molar-refractivity contribution in [2.24, 2.45) is 4.99 Å². The van der Waals surface area contributed by atoms with Gasteiger partial charge in [0.05, 0.1) is 16.9 Å². The molecular formula is C27H28ClN3. The molecule has 4 aromatic rings. The second-order valence-corrected chi connectivity index (χ2v) is 8.10. The molecule has 0 spiro atoms. The minimum Gasteiger partial charge on any atom is -0.342 e. The molecule has 0 radical (unpaired) electrons. The lowest BCUT2D eigenvalue weighted by Crippen LogP contribution is -2.37. The average Bonchev–Trinajstić information content (AvgIpc) is 3.19. The first-order valence-electron chi connectivity index (χ1n) is 11.0. The van der Waals surface area contributed by atoms with Crippen molar-refractivity contribution >= 4 is 34.2 Å². The Bertz CT molecular complexity index is 1150. The predicted molar refractivity (Wildman–Crippen MR) is 133 cm³/mol. The number of fused-ring (bicyclic) bond motifs is 1. The molecule has 0 unspecified atom stereocenters. The van der Waals surface area contributed by atoms with Crippen LogP contribution >= 0.6 is 11.6 Å². The Morgan fingerprint density at radius 2 is 1.48 bits per heavy atom. The molecule has 1 aromatic heterocycles. The SMILES string of the molecule is CCCN(CCC)C(=Nc1ccc(Cl)cc1)n1c(-c2ccccc2)cc2ccccc21. The third kappa shape index (κ3) is 4.67. The van der Waals surface area contributed by atoms with Gasteiger partial charge in [-0.15, -0.1) is 0 Å². The maximum atomic E-state index is 6.13. The minimum absolute atomic E-state index is 0.718. The molecule has 4 heteroatoms. The number of hydrogen-bond acceptors (Lipinski definition) is 1. The fourth-order valence-electron chi connectivity index (χ4n) is 3.94. The van der Waals surface area contributed by atoms with Crippen LogP contribution in [0, 0.1) is 0 Å². The zero-order valence-corrected chi connectivity index (χ0v) is 18.9. The third-order valence-corrected chi connectivity index (χ3v) is 5.56. The Balaban J connectivity index is 1.99. The van der Waals surface area contributed by atoms with Crippen molar-refractivity contribution in [1.29, 1.82) is 0 Å². The lowest BCUT2D eigenvalue weighted by Gasteiger charge is -2.28. The summed E-state index contributed by atoms with van der Waals surface area (Å²) >= 11 is 6.13. The van der Waals surface area contributed by atoms with Crippen LogP contribution in [-0.4, -0.2) is 28.5 Å². The Morgan fingerprint density at radius 3 is 2.16 bits per heavy atom. The van der Waals surface area contributed by atoms with E-state index in [1.54, 1.807) is 0 Å². The van der Waals surface area contributed by atoms with E-state index in [0.29, 0.717) is 0 Å². The summed E-state index contributed by atoms with van der Waals surface area (Å²) in [5, 5.41) is 1.92. The van der Waals surface area contributed by atoms with Gasteiger partial charge in [-0.2, -0.15) is 0 Å². The number of hydrogen-bond donors (Lipinski definition) is 0. The first-order chi connectivity index (χ1) is 15.2. The van der Waals surface area contributed by atoms with Gasteiger partial charge < -0.3 is 4.90 Å². The molecule has 158 valence electrons. The summed E-state index contributed by atoms with van der Waals surface area (Å²) in [6.07, 6.45) is 2.11. The van der Waals surface area contributed by atoms with Crippen LogP contribution in [-0.2, 0) is 0 Å². The topological polar surface area (TPSA) is 20.5 Å². The molecule has 0 atom stereocenters. The largest absolute Gasteiger partial charge is 0.342 e. The minimum atomic E-state index is 0.718. The van der Waals surface area contributed by atoms with Crippen LogP contribution in [0.15, 0.2) is 89.9 Å². The first-order valence-corrected chi connectivity index (χ1v) is 11.3. The van der Waals surface area contributed by atoms with E-state index in [-0.39, 0.29) is 0 Å². The van der Waals surface area contributed by atoms with Gasteiger partial charge in [-0.05, 0) is 54.8 Å². The molecule has 3 aromatic carbocycles. The van der Waals surface area contributed by atoms with Crippen LogP contribution in [0.3, 0.4) is 0 Å². The lowest BCUT2D eigenvalue weighted by atomic mass is 10.1. The summed E-state index contributed by atoms with van der Waals surface area (Å²) in [6.45, 7) is 6.32. The van der Waals surface area contributed by atoms with Crippen molar-refractivity contribution in [2.45, 2.75) is 26.7 Å². The number of benzene rings is 3. The van der Waals surface area contributed by atoms with Crippen molar-refractivity contribution < 1.29 is 0 Å². The Hall–Kier alpha value is -3.04. The molecule has 3 nitrogen and oxygen atoms in total. The average molecular weight is 430 g/mol. The summed E-state index contributed by atoms with van der Waals surface area (Å²) in [5.74, 6) is 0.950. The molecule has 31 heavy (non-hydrogen) atoms. The van der Waals surface area contributed by atoms with Gasteiger partial charge in [0, 0.05) is 23.5 Å². The van der Waals surface area contributed by atoms with Crippen LogP contribution in [0.5, 0.6) is 0 Å². The van der Waals surface area contributed by atoms with Crippen LogP contribution in [0.4, 0.5) is 5.69 Å². The molecule has 0 aliphatic heterocycles. The summed E-state index contributed by atoms with van der Waals surface area (Å²) in [5.41, 5.74) is 4.38. The van der Waals surface area contributed by atoms with E-state index in [0.717, 1.165) is 53.8 Å². The Kier molecular flexibility index (Phi) is 6.73. The van der Waals surface area contributed by atoms with Crippen molar-refractivity contribution in [2.75, 3.05) is 13.1 Å². The highest BCUT2D eigenvalue weighted by Gasteiger charge is 2.20. The van der Waals surface area contributed by atoms with Crippen LogP contribution in [0.2, 0.25) is 5.02 Å². The highest BCUT2D eigenvalue weighted by atomic mass is 35.5. The van der Waals surface area contributed by atoms with Gasteiger partial charge in [-0.1, -0.05) is 74.0 Å². The second-order valence-electron chi connectivity index (χ2n) is 7.67. The van der Waals surface area contributed by atoms with Crippen LogP contribution < -0.4 is 0 Å². The van der Waals surface area contributed by atoms with E-state index < -0.39 is 0 Å². The molecule has 0 amide bonds. The smallest absolute Gasteiger partial charge is 0.211 e. The predicted octanol–water partition coefficient (Wildman–Crippen LogP) is 7.62. The van der Waals surface area contributed by atoms with Gasteiger partial charge >= 0.3 is 0 Å². The summed E-state index contributed by atoms with van der Waals surface area (Å²) < 4.78 is 2.31. The van der Waals surface area contributed by atoms with Crippen LogP contribution in [0.1, 0.15) is 26.7 Å².